The van der Waals surface area contributed by atoms with Gasteiger partial charge in [-0.05, 0) is 37.5 Å². The summed E-state index contributed by atoms with van der Waals surface area (Å²) in [7, 11) is 0. The van der Waals surface area contributed by atoms with E-state index in [-0.39, 0.29) is 30.2 Å². The Morgan fingerprint density at radius 1 is 1.22 bits per heavy atom. The number of benzene rings is 1. The summed E-state index contributed by atoms with van der Waals surface area (Å²) in [4.78, 5) is 33.2. The number of thiazole rings is 1. The summed E-state index contributed by atoms with van der Waals surface area (Å²) in [6.07, 6.45) is 3.80. The van der Waals surface area contributed by atoms with Crippen molar-refractivity contribution in [1.29, 1.82) is 5.26 Å². The van der Waals surface area contributed by atoms with Gasteiger partial charge in [-0.1, -0.05) is 25.0 Å². The Morgan fingerprint density at radius 2 is 1.94 bits per heavy atom. The zero-order chi connectivity index (χ0) is 22.5. The summed E-state index contributed by atoms with van der Waals surface area (Å²) >= 11 is 1.63. The molecule has 1 aliphatic heterocycles. The predicted octanol–water partition coefficient (Wildman–Crippen LogP) is 3.50. The van der Waals surface area contributed by atoms with Gasteiger partial charge in [0.25, 0.3) is 5.91 Å². The molecule has 0 bridgehead atoms. The molecule has 0 spiro atoms. The molecule has 1 aliphatic carbocycles. The van der Waals surface area contributed by atoms with Crippen LogP contribution in [0.3, 0.4) is 0 Å². The Balaban J connectivity index is 1.58. The van der Waals surface area contributed by atoms with Crippen molar-refractivity contribution < 1.29 is 14.3 Å². The highest BCUT2D eigenvalue weighted by Crippen LogP contribution is 2.43. The van der Waals surface area contributed by atoms with E-state index in [9.17, 15) is 9.59 Å². The average molecular weight is 453 g/mol. The lowest BCUT2D eigenvalue weighted by Crippen LogP contribution is -2.40. The van der Waals surface area contributed by atoms with E-state index < -0.39 is 0 Å². The number of aromatic nitrogens is 1. The molecule has 8 heteroatoms. The van der Waals surface area contributed by atoms with Crippen molar-refractivity contribution in [1.82, 2.24) is 15.2 Å². The van der Waals surface area contributed by atoms with E-state index in [2.05, 4.69) is 5.32 Å². The zero-order valence-corrected chi connectivity index (χ0v) is 19.1. The largest absolute Gasteiger partial charge is 0.378 e. The Bertz CT molecular complexity index is 1010. The van der Waals surface area contributed by atoms with Crippen LogP contribution in [0.25, 0.3) is 10.4 Å². The number of ether oxygens (including phenoxy) is 1. The van der Waals surface area contributed by atoms with Crippen LogP contribution in [0.4, 0.5) is 0 Å². The summed E-state index contributed by atoms with van der Waals surface area (Å²) < 4.78 is 5.34. The smallest absolute Gasteiger partial charge is 0.254 e. The van der Waals surface area contributed by atoms with E-state index >= 15 is 0 Å². The predicted molar refractivity (Wildman–Crippen MR) is 122 cm³/mol. The van der Waals surface area contributed by atoms with Gasteiger partial charge >= 0.3 is 0 Å². The molecule has 2 amide bonds. The maximum Gasteiger partial charge on any atom is 0.254 e. The highest BCUT2D eigenvalue weighted by molar-refractivity contribution is 7.15. The second-order valence-electron chi connectivity index (χ2n) is 8.30. The number of hydrogen-bond acceptors (Lipinski definition) is 6. The second-order valence-corrected chi connectivity index (χ2v) is 9.51. The van der Waals surface area contributed by atoms with Gasteiger partial charge in [-0.15, -0.1) is 11.3 Å². The molecule has 2 aromatic rings. The van der Waals surface area contributed by atoms with Gasteiger partial charge in [0.1, 0.15) is 6.54 Å². The molecule has 4 rings (SSSR count). The first-order valence-corrected chi connectivity index (χ1v) is 12.0. The van der Waals surface area contributed by atoms with Gasteiger partial charge in [0.2, 0.25) is 5.91 Å². The minimum atomic E-state index is -0.167. The molecule has 1 N–H and O–H groups in total. The standard InChI is InChI=1S/C24H28N4O3S/c1-16-27-21(19-4-2-3-5-20(19)23(29)26-11-10-25)22(32-16)17-6-8-18(9-7-17)24(30)28-12-14-31-15-13-28/h6-9,19-20H,2-5,11-15H2,1H3,(H,26,29)/t19-,20-/m1/s1. The Kier molecular flexibility index (Phi) is 7.18. The molecule has 2 fully saturated rings. The Labute approximate surface area is 192 Å². The molecular formula is C24H28N4O3S. The number of nitriles is 1. The summed E-state index contributed by atoms with van der Waals surface area (Å²) in [5, 5.41) is 12.5. The van der Waals surface area contributed by atoms with Crippen LogP contribution in [0.15, 0.2) is 24.3 Å². The molecule has 7 nitrogen and oxygen atoms in total. The summed E-state index contributed by atoms with van der Waals surface area (Å²) in [5.41, 5.74) is 2.66. The highest BCUT2D eigenvalue weighted by Gasteiger charge is 2.35. The third kappa shape index (κ3) is 4.84. The normalized spacial score (nSPS) is 21.1. The van der Waals surface area contributed by atoms with E-state index in [1.165, 1.54) is 0 Å². The van der Waals surface area contributed by atoms with Gasteiger partial charge in [-0.2, -0.15) is 5.26 Å². The fraction of sp³-hybridized carbons (Fsp3) is 0.500. The quantitative estimate of drug-likeness (QED) is 0.701. The lowest BCUT2D eigenvalue weighted by Gasteiger charge is -2.30. The minimum absolute atomic E-state index is 0.0297. The van der Waals surface area contributed by atoms with Crippen LogP contribution in [0, 0.1) is 24.2 Å². The second kappa shape index (κ2) is 10.2. The van der Waals surface area contributed by atoms with Crippen molar-refractivity contribution in [3.63, 3.8) is 0 Å². The van der Waals surface area contributed by atoms with E-state index in [0.717, 1.165) is 46.8 Å². The van der Waals surface area contributed by atoms with E-state index in [1.807, 2.05) is 42.2 Å². The zero-order valence-electron chi connectivity index (χ0n) is 18.3. The van der Waals surface area contributed by atoms with Crippen LogP contribution in [0.5, 0.6) is 0 Å². The number of aryl methyl sites for hydroxylation is 1. The lowest BCUT2D eigenvalue weighted by atomic mass is 9.76. The van der Waals surface area contributed by atoms with Gasteiger partial charge in [0.15, 0.2) is 0 Å². The number of rotatable bonds is 5. The lowest BCUT2D eigenvalue weighted by molar-refractivity contribution is -0.126. The molecule has 0 unspecified atom stereocenters. The van der Waals surface area contributed by atoms with E-state index in [0.29, 0.717) is 31.9 Å². The number of carbonyl (C=O) groups is 2. The average Bonchev–Trinajstić information content (AvgIpc) is 3.24. The molecule has 1 saturated carbocycles. The van der Waals surface area contributed by atoms with E-state index in [1.54, 1.807) is 11.3 Å². The maximum absolute atomic E-state index is 12.8. The molecule has 2 aliphatic rings. The minimum Gasteiger partial charge on any atom is -0.378 e. The molecule has 2 atom stereocenters. The summed E-state index contributed by atoms with van der Waals surface area (Å²) in [6, 6.07) is 9.71. The van der Waals surface area contributed by atoms with Crippen molar-refractivity contribution in [2.45, 2.75) is 38.5 Å². The molecular weight excluding hydrogens is 424 g/mol. The van der Waals surface area contributed by atoms with E-state index in [4.69, 9.17) is 15.0 Å². The highest BCUT2D eigenvalue weighted by atomic mass is 32.1. The number of morpholine rings is 1. The van der Waals surface area contributed by atoms with Crippen molar-refractivity contribution in [3.8, 4) is 16.5 Å². The molecule has 1 saturated heterocycles. The number of carbonyl (C=O) groups excluding carboxylic acids is 2. The van der Waals surface area contributed by atoms with Crippen LogP contribution in [0.1, 0.15) is 52.7 Å². The van der Waals surface area contributed by atoms with Crippen LogP contribution >= 0.6 is 11.3 Å². The Morgan fingerprint density at radius 3 is 2.66 bits per heavy atom. The molecule has 1 aromatic heterocycles. The van der Waals surface area contributed by atoms with Crippen molar-refractivity contribution in [2.24, 2.45) is 5.92 Å². The van der Waals surface area contributed by atoms with Crippen molar-refractivity contribution in [2.75, 3.05) is 32.8 Å². The molecule has 2 heterocycles. The number of nitrogens with one attached hydrogen (secondary N) is 1. The third-order valence-corrected chi connectivity index (χ3v) is 7.28. The first-order chi connectivity index (χ1) is 15.6. The first kappa shape index (κ1) is 22.4. The van der Waals surface area contributed by atoms with Crippen molar-refractivity contribution >= 4 is 23.2 Å². The molecule has 1 aromatic carbocycles. The van der Waals surface area contributed by atoms with Crippen molar-refractivity contribution in [3.05, 3.63) is 40.5 Å². The molecule has 32 heavy (non-hydrogen) atoms. The topological polar surface area (TPSA) is 95.3 Å². The van der Waals surface area contributed by atoms with Crippen LogP contribution < -0.4 is 5.32 Å². The van der Waals surface area contributed by atoms with Gasteiger partial charge in [0, 0.05) is 30.5 Å². The number of amides is 2. The third-order valence-electron chi connectivity index (χ3n) is 6.25. The summed E-state index contributed by atoms with van der Waals surface area (Å²) in [6.45, 7) is 4.42. The number of nitrogens with zero attached hydrogens (tertiary/aromatic N) is 3. The van der Waals surface area contributed by atoms with Gasteiger partial charge in [0.05, 0.1) is 34.9 Å². The van der Waals surface area contributed by atoms with Gasteiger partial charge in [-0.25, -0.2) is 4.98 Å². The number of hydrogen-bond donors (Lipinski definition) is 1. The van der Waals surface area contributed by atoms with Crippen LogP contribution in [-0.4, -0.2) is 54.5 Å². The molecule has 0 radical (unpaired) electrons. The van der Waals surface area contributed by atoms with Gasteiger partial charge < -0.3 is 15.0 Å². The fourth-order valence-electron chi connectivity index (χ4n) is 4.64. The Hall–Kier alpha value is -2.76. The fourth-order valence-corrected chi connectivity index (χ4v) is 5.64. The van der Waals surface area contributed by atoms with Crippen LogP contribution in [0.2, 0.25) is 0 Å². The van der Waals surface area contributed by atoms with Gasteiger partial charge in [-0.3, -0.25) is 9.59 Å². The van der Waals surface area contributed by atoms with Crippen LogP contribution in [-0.2, 0) is 9.53 Å². The first-order valence-electron chi connectivity index (χ1n) is 11.2. The maximum atomic E-state index is 12.8. The SMILES string of the molecule is Cc1nc([C@@H]2CCCC[C@H]2C(=O)NCC#N)c(-c2ccc(C(=O)N3CCOCC3)cc2)s1. The molecule has 168 valence electrons. The summed E-state index contributed by atoms with van der Waals surface area (Å²) in [5.74, 6) is -0.155. The monoisotopic (exact) mass is 452 g/mol.